The van der Waals surface area contributed by atoms with Crippen molar-refractivity contribution in [3.8, 4) is 0 Å². The zero-order valence-corrected chi connectivity index (χ0v) is 18.9. The highest BCUT2D eigenvalue weighted by atomic mass is 79.9. The van der Waals surface area contributed by atoms with Gasteiger partial charge in [-0.25, -0.2) is 0 Å². The number of rotatable bonds is 3. The van der Waals surface area contributed by atoms with E-state index in [0.717, 1.165) is 36.1 Å². The molecule has 6 aliphatic rings. The molecule has 5 fully saturated rings. The Hall–Kier alpha value is -0.870. The smallest absolute Gasteiger partial charge is 0.218 e. The first-order valence-corrected chi connectivity index (χ1v) is 12.6. The summed E-state index contributed by atoms with van der Waals surface area (Å²) in [5.74, 6) is 4.20. The van der Waals surface area contributed by atoms with Gasteiger partial charge in [0.05, 0.1) is 0 Å². The summed E-state index contributed by atoms with van der Waals surface area (Å²) >= 11 is 3.86. The summed E-state index contributed by atoms with van der Waals surface area (Å²) in [6.45, 7) is 2.47. The molecule has 0 aromatic heterocycles. The highest BCUT2D eigenvalue weighted by Gasteiger charge is 2.53. The Morgan fingerprint density at radius 1 is 1.07 bits per heavy atom. The van der Waals surface area contributed by atoms with E-state index in [1.807, 2.05) is 0 Å². The number of nitrogens with zero attached hydrogens (tertiary/aromatic N) is 1. The summed E-state index contributed by atoms with van der Waals surface area (Å²) in [6, 6.07) is 7.42. The maximum Gasteiger partial charge on any atom is 0.218 e. The van der Waals surface area contributed by atoms with E-state index in [4.69, 9.17) is 5.73 Å². The number of primary amides is 1. The summed E-state index contributed by atoms with van der Waals surface area (Å²) in [7, 11) is 0. The minimum absolute atomic E-state index is 0.163. The number of fused-ring (bicyclic) bond motifs is 2. The minimum Gasteiger partial charge on any atom is -0.370 e. The molecule has 1 saturated heterocycles. The van der Waals surface area contributed by atoms with E-state index in [0.29, 0.717) is 12.3 Å². The van der Waals surface area contributed by atoms with Gasteiger partial charge in [-0.3, -0.25) is 9.69 Å². The quantitative estimate of drug-likeness (QED) is 0.697. The molecule has 1 aliphatic heterocycles. The number of likely N-dealkylation sites (tertiary alicyclic amines) is 1. The van der Waals surface area contributed by atoms with Crippen molar-refractivity contribution in [3.63, 3.8) is 0 Å². The van der Waals surface area contributed by atoms with E-state index >= 15 is 0 Å². The molecule has 4 saturated carbocycles. The Bertz CT molecular complexity index is 800. The Morgan fingerprint density at radius 3 is 2.34 bits per heavy atom. The average Bonchev–Trinajstić information content (AvgIpc) is 2.96. The summed E-state index contributed by atoms with van der Waals surface area (Å²) in [4.78, 5) is 14.6. The van der Waals surface area contributed by atoms with Crippen molar-refractivity contribution in [2.45, 2.75) is 75.2 Å². The number of amides is 1. The fraction of sp³-hybridized carbons (Fsp3) is 0.720. The normalized spacial score (nSPS) is 39.8. The van der Waals surface area contributed by atoms with Crippen molar-refractivity contribution in [2.75, 3.05) is 13.1 Å². The zero-order chi connectivity index (χ0) is 19.8. The van der Waals surface area contributed by atoms with Gasteiger partial charge in [0.1, 0.15) is 0 Å². The first kappa shape index (κ1) is 18.9. The third-order valence-corrected chi connectivity index (χ3v) is 10.1. The molecule has 1 unspecified atom stereocenters. The summed E-state index contributed by atoms with van der Waals surface area (Å²) in [5.41, 5.74) is 8.72. The first-order chi connectivity index (χ1) is 14.0. The van der Waals surface area contributed by atoms with Crippen molar-refractivity contribution in [1.82, 2.24) is 4.90 Å². The van der Waals surface area contributed by atoms with E-state index in [2.05, 4.69) is 39.0 Å². The monoisotopic (exact) mass is 456 g/mol. The van der Waals surface area contributed by atoms with E-state index in [1.165, 1.54) is 73.6 Å². The van der Waals surface area contributed by atoms with Crippen LogP contribution in [0.5, 0.6) is 0 Å². The standard InChI is InChI=1S/C25H33BrN2O/c26-21-3-1-2-20-19(13-22(27)29)14-25(23(20)21)4-6-28(7-5-25)24-17-9-15-8-16(11-17)12-18(24)10-15/h1-3,15-19,24H,4-14H2,(H2,27,29). The van der Waals surface area contributed by atoms with Gasteiger partial charge < -0.3 is 5.73 Å². The second kappa shape index (κ2) is 6.82. The molecule has 4 bridgehead atoms. The van der Waals surface area contributed by atoms with E-state index in [9.17, 15) is 4.79 Å². The van der Waals surface area contributed by atoms with Gasteiger partial charge >= 0.3 is 0 Å². The van der Waals surface area contributed by atoms with Crippen LogP contribution < -0.4 is 5.73 Å². The lowest BCUT2D eigenvalue weighted by Crippen LogP contribution is -2.58. The van der Waals surface area contributed by atoms with E-state index in [-0.39, 0.29) is 11.3 Å². The Labute approximate surface area is 182 Å². The lowest BCUT2D eigenvalue weighted by molar-refractivity contribution is -0.118. The van der Waals surface area contributed by atoms with Crippen LogP contribution >= 0.6 is 15.9 Å². The molecule has 1 amide bonds. The maximum absolute atomic E-state index is 11.7. The molecule has 1 aromatic rings. The third kappa shape index (κ3) is 2.96. The molecule has 5 aliphatic carbocycles. The number of piperidine rings is 1. The molecule has 1 atom stereocenters. The van der Waals surface area contributed by atoms with Gasteiger partial charge in [-0.05, 0) is 117 Å². The summed E-state index contributed by atoms with van der Waals surface area (Å²) < 4.78 is 1.24. The molecule has 3 nitrogen and oxygen atoms in total. The van der Waals surface area contributed by atoms with Gasteiger partial charge in [0.15, 0.2) is 0 Å². The lowest BCUT2D eigenvalue weighted by Gasteiger charge is -2.58. The number of halogens is 1. The largest absolute Gasteiger partial charge is 0.370 e. The Morgan fingerprint density at radius 2 is 1.72 bits per heavy atom. The molecule has 0 radical (unpaired) electrons. The van der Waals surface area contributed by atoms with E-state index in [1.54, 1.807) is 0 Å². The van der Waals surface area contributed by atoms with Crippen molar-refractivity contribution in [2.24, 2.45) is 29.4 Å². The molecule has 2 N–H and O–H groups in total. The number of nitrogens with two attached hydrogens (primary N) is 1. The van der Waals surface area contributed by atoms with Crippen LogP contribution in [0.1, 0.15) is 74.8 Å². The van der Waals surface area contributed by atoms with Gasteiger partial charge in [0.2, 0.25) is 5.91 Å². The zero-order valence-electron chi connectivity index (χ0n) is 17.3. The molecule has 156 valence electrons. The molecular formula is C25H33BrN2O. The number of hydrogen-bond donors (Lipinski definition) is 1. The average molecular weight is 457 g/mol. The lowest BCUT2D eigenvalue weighted by atomic mass is 9.53. The van der Waals surface area contributed by atoms with Crippen LogP contribution in [0.2, 0.25) is 0 Å². The summed E-state index contributed by atoms with van der Waals surface area (Å²) in [6.07, 6.45) is 11.6. The van der Waals surface area contributed by atoms with Crippen LogP contribution in [0.25, 0.3) is 0 Å². The predicted molar refractivity (Wildman–Crippen MR) is 119 cm³/mol. The van der Waals surface area contributed by atoms with Crippen LogP contribution in [-0.2, 0) is 10.2 Å². The molecule has 29 heavy (non-hydrogen) atoms. The van der Waals surface area contributed by atoms with Crippen molar-refractivity contribution in [1.29, 1.82) is 0 Å². The Balaban J connectivity index is 1.24. The predicted octanol–water partition coefficient (Wildman–Crippen LogP) is 4.97. The van der Waals surface area contributed by atoms with Crippen LogP contribution in [-0.4, -0.2) is 29.9 Å². The fourth-order valence-corrected chi connectivity index (χ4v) is 9.55. The van der Waals surface area contributed by atoms with Crippen LogP contribution in [0.4, 0.5) is 0 Å². The molecule has 1 spiro atoms. The van der Waals surface area contributed by atoms with Crippen LogP contribution in [0.15, 0.2) is 22.7 Å². The van der Waals surface area contributed by atoms with Gasteiger partial charge in [0, 0.05) is 16.9 Å². The number of carbonyl (C=O) groups is 1. The number of carbonyl (C=O) groups excluding carboxylic acids is 1. The fourth-order valence-electron chi connectivity index (χ4n) is 8.75. The van der Waals surface area contributed by atoms with Crippen molar-refractivity contribution in [3.05, 3.63) is 33.8 Å². The third-order valence-electron chi connectivity index (χ3n) is 9.45. The van der Waals surface area contributed by atoms with Gasteiger partial charge in [-0.1, -0.05) is 28.1 Å². The minimum atomic E-state index is -0.163. The SMILES string of the molecule is NC(=O)CC1CC2(CCN(C3C4CC5CC(C4)CC3C5)CC2)c2c(Br)cccc21. The van der Waals surface area contributed by atoms with Crippen molar-refractivity contribution < 1.29 is 4.79 Å². The molecule has 4 heteroatoms. The highest BCUT2D eigenvalue weighted by molar-refractivity contribution is 9.10. The first-order valence-electron chi connectivity index (χ1n) is 11.8. The second-order valence-corrected chi connectivity index (χ2v) is 11.9. The number of hydrogen-bond acceptors (Lipinski definition) is 2. The van der Waals surface area contributed by atoms with Gasteiger partial charge in [-0.2, -0.15) is 0 Å². The summed E-state index contributed by atoms with van der Waals surface area (Å²) in [5, 5.41) is 0. The topological polar surface area (TPSA) is 46.3 Å². The maximum atomic E-state index is 11.7. The number of benzene rings is 1. The van der Waals surface area contributed by atoms with Crippen molar-refractivity contribution >= 4 is 21.8 Å². The highest BCUT2D eigenvalue weighted by Crippen LogP contribution is 2.58. The van der Waals surface area contributed by atoms with Gasteiger partial charge in [-0.15, -0.1) is 0 Å². The molecule has 1 aromatic carbocycles. The van der Waals surface area contributed by atoms with Crippen LogP contribution in [0.3, 0.4) is 0 Å². The second-order valence-electron chi connectivity index (χ2n) is 11.0. The molecule has 7 rings (SSSR count). The molecular weight excluding hydrogens is 424 g/mol. The van der Waals surface area contributed by atoms with E-state index < -0.39 is 0 Å². The van der Waals surface area contributed by atoms with Gasteiger partial charge in [0.25, 0.3) is 0 Å². The molecule has 1 heterocycles. The van der Waals surface area contributed by atoms with Crippen LogP contribution in [0, 0.1) is 23.7 Å². The Kier molecular flexibility index (Phi) is 4.43.